The van der Waals surface area contributed by atoms with Crippen LogP contribution in [0.15, 0.2) is 36.4 Å². The number of hydrogen-bond acceptors (Lipinski definition) is 2. The van der Waals surface area contributed by atoms with E-state index < -0.39 is 0 Å². The van der Waals surface area contributed by atoms with Gasteiger partial charge in [-0.05, 0) is 127 Å². The lowest BCUT2D eigenvalue weighted by atomic mass is 9.94. The van der Waals surface area contributed by atoms with E-state index in [0.717, 1.165) is 50.4 Å². The molecule has 0 aliphatic rings. The molecule has 0 aliphatic carbocycles. The maximum atomic E-state index is 6.05. The van der Waals surface area contributed by atoms with Crippen molar-refractivity contribution in [1.82, 2.24) is 0 Å². The fourth-order valence-corrected chi connectivity index (χ4v) is 5.22. The molecule has 0 saturated heterocycles. The van der Waals surface area contributed by atoms with E-state index in [1.165, 1.54) is 39.5 Å². The van der Waals surface area contributed by atoms with Crippen LogP contribution in [0.3, 0.4) is 0 Å². The van der Waals surface area contributed by atoms with Crippen molar-refractivity contribution in [2.75, 3.05) is 13.2 Å². The minimum absolute atomic E-state index is 0.773. The molecule has 0 atom stereocenters. The van der Waals surface area contributed by atoms with Crippen molar-refractivity contribution in [3.05, 3.63) is 43.5 Å². The highest BCUT2D eigenvalue weighted by molar-refractivity contribution is 14.1. The first-order valence-electron chi connectivity index (χ1n) is 9.99. The smallest absolute Gasteiger partial charge is 0.120 e. The van der Waals surface area contributed by atoms with Crippen LogP contribution < -0.4 is 9.47 Å². The van der Waals surface area contributed by atoms with E-state index >= 15 is 0 Å². The van der Waals surface area contributed by atoms with Gasteiger partial charge in [-0.3, -0.25) is 0 Å². The van der Waals surface area contributed by atoms with E-state index in [9.17, 15) is 0 Å². The summed E-state index contributed by atoms with van der Waals surface area (Å²) in [6.45, 7) is 5.93. The summed E-state index contributed by atoms with van der Waals surface area (Å²) in [7, 11) is 0. The summed E-state index contributed by atoms with van der Waals surface area (Å²) in [5, 5.41) is 7.73. The Morgan fingerprint density at radius 2 is 1.11 bits per heavy atom. The van der Waals surface area contributed by atoms with Crippen LogP contribution in [0.25, 0.3) is 32.3 Å². The molecule has 2 nitrogen and oxygen atoms in total. The van der Waals surface area contributed by atoms with Gasteiger partial charge in [0.05, 0.1) is 13.2 Å². The lowest BCUT2D eigenvalue weighted by Crippen LogP contribution is -1.99. The minimum Gasteiger partial charge on any atom is -0.494 e. The number of hydrogen-bond donors (Lipinski definition) is 0. The zero-order chi connectivity index (χ0) is 19.7. The Morgan fingerprint density at radius 1 is 0.643 bits per heavy atom. The van der Waals surface area contributed by atoms with Gasteiger partial charge in [0.1, 0.15) is 11.5 Å². The van der Waals surface area contributed by atoms with E-state index in [2.05, 4.69) is 95.4 Å². The predicted octanol–water partition coefficient (Wildman–Crippen LogP) is 8.15. The van der Waals surface area contributed by atoms with Crippen LogP contribution in [-0.2, 0) is 0 Å². The molecule has 0 N–H and O–H groups in total. The van der Waals surface area contributed by atoms with E-state index in [-0.39, 0.29) is 0 Å². The lowest BCUT2D eigenvalue weighted by Gasteiger charge is -2.17. The van der Waals surface area contributed by atoms with Gasteiger partial charge in [0, 0.05) is 7.14 Å². The van der Waals surface area contributed by atoms with Gasteiger partial charge in [-0.15, -0.1) is 0 Å². The third-order valence-corrected chi connectivity index (χ3v) is 6.93. The van der Waals surface area contributed by atoms with Gasteiger partial charge in [-0.2, -0.15) is 0 Å². The van der Waals surface area contributed by atoms with E-state index in [4.69, 9.17) is 9.47 Å². The zero-order valence-electron chi connectivity index (χ0n) is 16.3. The van der Waals surface area contributed by atoms with Gasteiger partial charge in [0.2, 0.25) is 0 Å². The third kappa shape index (κ3) is 3.86. The van der Waals surface area contributed by atoms with Crippen molar-refractivity contribution in [3.63, 3.8) is 0 Å². The molecular weight excluding hydrogens is 574 g/mol. The highest BCUT2D eigenvalue weighted by Crippen LogP contribution is 2.42. The predicted molar refractivity (Wildman–Crippen MR) is 136 cm³/mol. The van der Waals surface area contributed by atoms with Crippen LogP contribution in [0.4, 0.5) is 0 Å². The van der Waals surface area contributed by atoms with Crippen molar-refractivity contribution < 1.29 is 9.47 Å². The average Bonchev–Trinajstić information content (AvgIpc) is 2.67. The lowest BCUT2D eigenvalue weighted by molar-refractivity contribution is 0.310. The topological polar surface area (TPSA) is 18.5 Å². The minimum atomic E-state index is 0.773. The molecule has 4 heteroatoms. The first kappa shape index (κ1) is 20.3. The molecule has 28 heavy (non-hydrogen) atoms. The first-order valence-corrected chi connectivity index (χ1v) is 12.1. The second-order valence-electron chi connectivity index (χ2n) is 7.26. The number of unbranched alkanes of at least 4 members (excludes halogenated alkanes) is 2. The molecular formula is C24H24I2O2. The second-order valence-corrected chi connectivity index (χ2v) is 9.58. The molecule has 0 amide bonds. The molecule has 146 valence electrons. The van der Waals surface area contributed by atoms with Crippen molar-refractivity contribution >= 4 is 77.5 Å². The maximum absolute atomic E-state index is 6.05. The van der Waals surface area contributed by atoms with Crippen LogP contribution in [0, 0.1) is 7.14 Å². The number of benzene rings is 4. The average molecular weight is 598 g/mol. The summed E-state index contributed by atoms with van der Waals surface area (Å²) < 4.78 is 14.6. The van der Waals surface area contributed by atoms with Crippen molar-refractivity contribution in [2.45, 2.75) is 39.5 Å². The van der Waals surface area contributed by atoms with E-state index in [1.807, 2.05) is 0 Å². The first-order chi connectivity index (χ1) is 13.6. The summed E-state index contributed by atoms with van der Waals surface area (Å²) in [5.74, 6) is 1.94. The maximum Gasteiger partial charge on any atom is 0.120 e. The molecule has 0 bridgehead atoms. The molecule has 0 aliphatic heterocycles. The molecule has 0 fully saturated rings. The SMILES string of the molecule is CCCCOc1cc2cc(I)c3cc(OCCCC)cc4c(I)cc(c1)c2c34. The van der Waals surface area contributed by atoms with Crippen LogP contribution in [0.1, 0.15) is 39.5 Å². The molecule has 0 spiro atoms. The summed E-state index contributed by atoms with van der Waals surface area (Å²) in [6, 6.07) is 13.4. The third-order valence-electron chi connectivity index (χ3n) is 5.15. The van der Waals surface area contributed by atoms with Crippen LogP contribution in [0.5, 0.6) is 11.5 Å². The largest absolute Gasteiger partial charge is 0.494 e. The van der Waals surface area contributed by atoms with Crippen LogP contribution in [-0.4, -0.2) is 13.2 Å². The fraction of sp³-hybridized carbons (Fsp3) is 0.333. The Kier molecular flexibility index (Phi) is 6.35. The van der Waals surface area contributed by atoms with Crippen molar-refractivity contribution in [3.8, 4) is 11.5 Å². The van der Waals surface area contributed by atoms with E-state index in [1.54, 1.807) is 0 Å². The Labute approximate surface area is 193 Å². The zero-order valence-corrected chi connectivity index (χ0v) is 20.6. The number of ether oxygens (including phenoxy) is 2. The summed E-state index contributed by atoms with van der Waals surface area (Å²) >= 11 is 4.91. The second kappa shape index (κ2) is 8.78. The summed E-state index contributed by atoms with van der Waals surface area (Å²) in [4.78, 5) is 0. The van der Waals surface area contributed by atoms with Gasteiger partial charge in [0.15, 0.2) is 0 Å². The highest BCUT2D eigenvalue weighted by Gasteiger charge is 2.16. The van der Waals surface area contributed by atoms with Crippen molar-refractivity contribution in [1.29, 1.82) is 0 Å². The van der Waals surface area contributed by atoms with Gasteiger partial charge in [-0.25, -0.2) is 0 Å². The highest BCUT2D eigenvalue weighted by atomic mass is 127. The Hall–Kier alpha value is -1.02. The normalized spacial score (nSPS) is 11.7. The van der Waals surface area contributed by atoms with Gasteiger partial charge >= 0.3 is 0 Å². The Bertz CT molecular complexity index is 1050. The van der Waals surface area contributed by atoms with E-state index in [0.29, 0.717) is 0 Å². The van der Waals surface area contributed by atoms with Gasteiger partial charge < -0.3 is 9.47 Å². The monoisotopic (exact) mass is 598 g/mol. The van der Waals surface area contributed by atoms with Gasteiger partial charge in [-0.1, -0.05) is 26.7 Å². The molecule has 0 radical (unpaired) electrons. The molecule has 0 unspecified atom stereocenters. The Morgan fingerprint density at radius 3 is 1.57 bits per heavy atom. The number of halogens is 2. The van der Waals surface area contributed by atoms with Crippen LogP contribution in [0.2, 0.25) is 0 Å². The summed E-state index contributed by atoms with van der Waals surface area (Å²) in [6.07, 6.45) is 4.46. The standard InChI is InChI=1S/C24H24I2O2/c1-3-5-7-27-17-9-15-11-21(25)19-13-18(28-8-6-4-2)14-20-22(26)12-16(10-17)23(15)24(19)20/h9-14H,3-8H2,1-2H3. The quantitative estimate of drug-likeness (QED) is 0.116. The van der Waals surface area contributed by atoms with Crippen LogP contribution >= 0.6 is 45.2 Å². The van der Waals surface area contributed by atoms with Gasteiger partial charge in [0.25, 0.3) is 0 Å². The molecule has 4 rings (SSSR count). The fourth-order valence-electron chi connectivity index (χ4n) is 3.70. The molecule has 4 aromatic carbocycles. The Balaban J connectivity index is 1.90. The molecule has 0 heterocycles. The molecule has 0 aromatic heterocycles. The molecule has 0 saturated carbocycles. The number of rotatable bonds is 8. The van der Waals surface area contributed by atoms with Crippen molar-refractivity contribution in [2.24, 2.45) is 0 Å². The molecule has 4 aromatic rings. The summed E-state index contributed by atoms with van der Waals surface area (Å²) in [5.41, 5.74) is 0.